The third kappa shape index (κ3) is 6.59. The van der Waals surface area contributed by atoms with E-state index in [4.69, 9.17) is 4.74 Å². The number of nitrogens with one attached hydrogen (secondary N) is 2. The van der Waals surface area contributed by atoms with Crippen molar-refractivity contribution in [3.8, 4) is 5.75 Å². The second kappa shape index (κ2) is 13.0. The molecule has 2 N–H and O–H groups in total. The zero-order valence-corrected chi connectivity index (χ0v) is 23.5. The van der Waals surface area contributed by atoms with E-state index in [0.29, 0.717) is 40.3 Å². The van der Waals surface area contributed by atoms with E-state index < -0.39 is 11.8 Å². The second-order valence-corrected chi connectivity index (χ2v) is 10.2. The summed E-state index contributed by atoms with van der Waals surface area (Å²) in [5.74, 6) is -0.663. The maximum absolute atomic E-state index is 13.3. The highest BCUT2D eigenvalue weighted by Crippen LogP contribution is 2.28. The molecule has 0 saturated carbocycles. The smallest absolute Gasteiger partial charge is 0.272 e. The molecule has 0 fully saturated rings. The molecule has 210 valence electrons. The van der Waals surface area contributed by atoms with Crippen molar-refractivity contribution in [1.82, 2.24) is 10.2 Å². The molecule has 0 aliphatic carbocycles. The van der Waals surface area contributed by atoms with Gasteiger partial charge in [-0.1, -0.05) is 42.5 Å². The van der Waals surface area contributed by atoms with Crippen LogP contribution in [-0.4, -0.2) is 41.0 Å². The minimum atomic E-state index is -0.500. The number of thioether (sulfide) groups is 1. The summed E-state index contributed by atoms with van der Waals surface area (Å²) in [5.41, 5.74) is 2.53. The first-order valence-electron chi connectivity index (χ1n) is 13.2. The van der Waals surface area contributed by atoms with Crippen molar-refractivity contribution in [2.75, 3.05) is 17.8 Å². The van der Waals surface area contributed by atoms with Crippen molar-refractivity contribution >= 4 is 47.2 Å². The Morgan fingerprint density at radius 2 is 1.43 bits per heavy atom. The highest BCUT2D eigenvalue weighted by molar-refractivity contribution is 7.99. The van der Waals surface area contributed by atoms with Crippen LogP contribution in [0.1, 0.15) is 43.6 Å². The molecule has 9 heteroatoms. The maximum Gasteiger partial charge on any atom is 0.272 e. The number of imide groups is 1. The highest BCUT2D eigenvalue weighted by atomic mass is 32.2. The standard InChI is InChI=1S/C33H27N3O5S/c1-2-41-25-16-12-22(13-17-25)20-29(35-30(37)23-8-4-3-5-9-23)31(38)34-24-14-18-26(19-15-24)42-21-36-32(39)27-10-6-7-11-28(27)33(36)40/h3-20H,2,21H2,1H3,(H,34,38)(H,35,37)/b29-20-. The molecule has 5 rings (SSSR count). The van der Waals surface area contributed by atoms with Crippen LogP contribution in [0.4, 0.5) is 5.69 Å². The number of anilines is 1. The summed E-state index contributed by atoms with van der Waals surface area (Å²) < 4.78 is 5.49. The Morgan fingerprint density at radius 1 is 0.810 bits per heavy atom. The van der Waals surface area contributed by atoms with Gasteiger partial charge in [-0.15, -0.1) is 11.8 Å². The topological polar surface area (TPSA) is 105 Å². The van der Waals surface area contributed by atoms with Crippen LogP contribution in [0.2, 0.25) is 0 Å². The van der Waals surface area contributed by atoms with Crippen molar-refractivity contribution in [2.45, 2.75) is 11.8 Å². The lowest BCUT2D eigenvalue weighted by molar-refractivity contribution is -0.113. The van der Waals surface area contributed by atoms with Crippen molar-refractivity contribution in [1.29, 1.82) is 0 Å². The van der Waals surface area contributed by atoms with Gasteiger partial charge in [0.15, 0.2) is 0 Å². The summed E-state index contributed by atoms with van der Waals surface area (Å²) in [5, 5.41) is 5.55. The molecule has 0 atom stereocenters. The van der Waals surface area contributed by atoms with Crippen LogP contribution in [0.25, 0.3) is 6.08 Å². The Bertz CT molecular complexity index is 1620. The minimum absolute atomic E-state index is 0.0667. The molecule has 1 aliphatic rings. The summed E-state index contributed by atoms with van der Waals surface area (Å²) in [6.07, 6.45) is 1.60. The number of hydrogen-bond donors (Lipinski definition) is 2. The van der Waals surface area contributed by atoms with Crippen LogP contribution >= 0.6 is 11.8 Å². The van der Waals surface area contributed by atoms with E-state index in [2.05, 4.69) is 10.6 Å². The van der Waals surface area contributed by atoms with E-state index in [1.54, 1.807) is 103 Å². The van der Waals surface area contributed by atoms with E-state index >= 15 is 0 Å². The van der Waals surface area contributed by atoms with Gasteiger partial charge in [0.05, 0.1) is 23.6 Å². The number of benzene rings is 4. The number of amides is 4. The Hall–Kier alpha value is -5.15. The van der Waals surface area contributed by atoms with Gasteiger partial charge in [-0.3, -0.25) is 24.1 Å². The summed E-state index contributed by atoms with van der Waals surface area (Å²) in [4.78, 5) is 53.5. The first-order chi connectivity index (χ1) is 20.4. The van der Waals surface area contributed by atoms with Gasteiger partial charge in [-0.2, -0.15) is 0 Å². The normalized spacial score (nSPS) is 12.6. The number of hydrogen-bond acceptors (Lipinski definition) is 6. The van der Waals surface area contributed by atoms with Gasteiger partial charge in [0.1, 0.15) is 11.4 Å². The Balaban J connectivity index is 1.26. The van der Waals surface area contributed by atoms with Gasteiger partial charge < -0.3 is 15.4 Å². The molecule has 8 nitrogen and oxygen atoms in total. The summed E-state index contributed by atoms with van der Waals surface area (Å²) in [6.45, 7) is 2.44. The van der Waals surface area contributed by atoms with Gasteiger partial charge in [0, 0.05) is 16.1 Å². The molecule has 42 heavy (non-hydrogen) atoms. The number of carbonyl (C=O) groups excluding carboxylic acids is 4. The zero-order valence-electron chi connectivity index (χ0n) is 22.7. The van der Waals surface area contributed by atoms with Crippen molar-refractivity contribution in [3.63, 3.8) is 0 Å². The lowest BCUT2D eigenvalue weighted by Crippen LogP contribution is -2.30. The molecule has 0 aromatic heterocycles. The zero-order chi connectivity index (χ0) is 29.5. The molecular formula is C33H27N3O5S. The van der Waals surface area contributed by atoms with E-state index in [9.17, 15) is 19.2 Å². The molecule has 4 amide bonds. The second-order valence-electron chi connectivity index (χ2n) is 9.22. The lowest BCUT2D eigenvalue weighted by atomic mass is 10.1. The third-order valence-electron chi connectivity index (χ3n) is 6.38. The predicted octanol–water partition coefficient (Wildman–Crippen LogP) is 5.84. The molecule has 1 heterocycles. The number of fused-ring (bicyclic) bond motifs is 1. The van der Waals surface area contributed by atoms with Gasteiger partial charge in [-0.05, 0) is 79.2 Å². The number of ether oxygens (including phenoxy) is 1. The van der Waals surface area contributed by atoms with E-state index in [1.807, 2.05) is 13.0 Å². The predicted molar refractivity (Wildman–Crippen MR) is 162 cm³/mol. The van der Waals surface area contributed by atoms with Gasteiger partial charge in [0.25, 0.3) is 23.6 Å². The minimum Gasteiger partial charge on any atom is -0.494 e. The van der Waals surface area contributed by atoms with Crippen LogP contribution in [0, 0.1) is 0 Å². The molecule has 0 spiro atoms. The Labute approximate surface area is 247 Å². The fraction of sp³-hybridized carbons (Fsp3) is 0.0909. The molecular weight excluding hydrogens is 550 g/mol. The molecule has 4 aromatic carbocycles. The van der Waals surface area contributed by atoms with Crippen LogP contribution in [0.5, 0.6) is 5.75 Å². The first-order valence-corrected chi connectivity index (χ1v) is 14.2. The average Bonchev–Trinajstić information content (AvgIpc) is 3.26. The molecule has 0 unspecified atom stereocenters. The third-order valence-corrected chi connectivity index (χ3v) is 7.37. The number of rotatable bonds is 10. The van der Waals surface area contributed by atoms with Crippen molar-refractivity contribution in [3.05, 3.63) is 131 Å². The lowest BCUT2D eigenvalue weighted by Gasteiger charge is -2.14. The summed E-state index contributed by atoms with van der Waals surface area (Å²) >= 11 is 1.33. The Kier molecular flexibility index (Phi) is 8.79. The molecule has 0 radical (unpaired) electrons. The van der Waals surface area contributed by atoms with E-state index in [-0.39, 0.29) is 23.4 Å². The average molecular weight is 578 g/mol. The fourth-order valence-electron chi connectivity index (χ4n) is 4.26. The molecule has 4 aromatic rings. The molecule has 0 bridgehead atoms. The van der Waals surface area contributed by atoms with Crippen molar-refractivity contribution in [2.24, 2.45) is 0 Å². The quantitative estimate of drug-likeness (QED) is 0.139. The Morgan fingerprint density at radius 3 is 2.05 bits per heavy atom. The fourth-order valence-corrected chi connectivity index (χ4v) is 5.11. The van der Waals surface area contributed by atoms with Crippen LogP contribution in [-0.2, 0) is 4.79 Å². The van der Waals surface area contributed by atoms with E-state index in [1.165, 1.54) is 16.7 Å². The highest BCUT2D eigenvalue weighted by Gasteiger charge is 2.34. The monoisotopic (exact) mass is 577 g/mol. The van der Waals surface area contributed by atoms with Gasteiger partial charge in [0.2, 0.25) is 0 Å². The maximum atomic E-state index is 13.3. The van der Waals surface area contributed by atoms with Gasteiger partial charge in [-0.25, -0.2) is 0 Å². The largest absolute Gasteiger partial charge is 0.494 e. The van der Waals surface area contributed by atoms with E-state index in [0.717, 1.165) is 4.90 Å². The molecule has 0 saturated heterocycles. The van der Waals surface area contributed by atoms with Crippen LogP contribution < -0.4 is 15.4 Å². The summed E-state index contributed by atoms with van der Waals surface area (Å²) in [7, 11) is 0. The first kappa shape index (κ1) is 28.4. The number of nitrogens with zero attached hydrogens (tertiary/aromatic N) is 1. The molecule has 1 aliphatic heterocycles. The van der Waals surface area contributed by atoms with Gasteiger partial charge >= 0.3 is 0 Å². The van der Waals surface area contributed by atoms with Crippen molar-refractivity contribution < 1.29 is 23.9 Å². The SMILES string of the molecule is CCOc1ccc(/C=C(\NC(=O)c2ccccc2)C(=O)Nc2ccc(SCN3C(=O)c4ccccc4C3=O)cc2)cc1. The number of carbonyl (C=O) groups is 4. The van der Waals surface area contributed by atoms with Crippen LogP contribution in [0.15, 0.2) is 114 Å². The van der Waals surface area contributed by atoms with Crippen LogP contribution in [0.3, 0.4) is 0 Å². The summed E-state index contributed by atoms with van der Waals surface area (Å²) in [6, 6.07) is 29.6.